The first kappa shape index (κ1) is 14.8. The number of anilines is 1. The van der Waals surface area contributed by atoms with Crippen molar-refractivity contribution in [1.29, 1.82) is 0 Å². The summed E-state index contributed by atoms with van der Waals surface area (Å²) in [6.07, 6.45) is 4.93. The molecule has 1 saturated heterocycles. The zero-order valence-electron chi connectivity index (χ0n) is 12.8. The molecule has 0 bridgehead atoms. The lowest BCUT2D eigenvalue weighted by Crippen LogP contribution is -2.26. The second kappa shape index (κ2) is 6.23. The molecular weight excluding hydrogens is 254 g/mol. The van der Waals surface area contributed by atoms with E-state index in [1.165, 1.54) is 48.1 Å². The fourth-order valence-corrected chi connectivity index (χ4v) is 4.19. The molecule has 1 N–H and O–H groups in total. The number of thiazole rings is 1. The Morgan fingerprint density at radius 2 is 2.05 bits per heavy atom. The minimum absolute atomic E-state index is 0.529. The average Bonchev–Trinajstić information content (AvgIpc) is 3.03. The van der Waals surface area contributed by atoms with Gasteiger partial charge in [0, 0.05) is 24.5 Å². The van der Waals surface area contributed by atoms with Crippen LogP contribution in [0.2, 0.25) is 0 Å². The number of aryl methyl sites for hydroxylation is 1. The molecule has 0 saturated carbocycles. The Labute approximate surface area is 121 Å². The fourth-order valence-electron chi connectivity index (χ4n) is 3.01. The SMILES string of the molecule is CCc1nc(N2CCC(CC)(CC)C2)sc1CNC. The molecule has 0 aromatic carbocycles. The second-order valence-corrected chi connectivity index (χ2v) is 6.69. The molecule has 1 aromatic rings. The Morgan fingerprint density at radius 3 is 2.58 bits per heavy atom. The Morgan fingerprint density at radius 1 is 1.32 bits per heavy atom. The summed E-state index contributed by atoms with van der Waals surface area (Å²) in [5.74, 6) is 0. The first-order valence-corrected chi connectivity index (χ1v) is 8.37. The summed E-state index contributed by atoms with van der Waals surface area (Å²) >= 11 is 1.88. The highest BCUT2D eigenvalue weighted by molar-refractivity contribution is 7.15. The van der Waals surface area contributed by atoms with E-state index < -0.39 is 0 Å². The van der Waals surface area contributed by atoms with E-state index >= 15 is 0 Å². The van der Waals surface area contributed by atoms with Gasteiger partial charge in [-0.15, -0.1) is 11.3 Å². The summed E-state index contributed by atoms with van der Waals surface area (Å²) in [5, 5.41) is 4.49. The van der Waals surface area contributed by atoms with E-state index in [0.29, 0.717) is 5.41 Å². The van der Waals surface area contributed by atoms with Gasteiger partial charge in [0.1, 0.15) is 0 Å². The molecule has 3 nitrogen and oxygen atoms in total. The third-order valence-electron chi connectivity index (χ3n) is 4.65. The van der Waals surface area contributed by atoms with Gasteiger partial charge >= 0.3 is 0 Å². The van der Waals surface area contributed by atoms with Crippen LogP contribution in [0.5, 0.6) is 0 Å². The Hall–Kier alpha value is -0.610. The zero-order valence-corrected chi connectivity index (χ0v) is 13.6. The van der Waals surface area contributed by atoms with E-state index in [1.807, 2.05) is 18.4 Å². The van der Waals surface area contributed by atoms with Crippen LogP contribution >= 0.6 is 11.3 Å². The molecule has 0 atom stereocenters. The van der Waals surface area contributed by atoms with Crippen LogP contribution in [0, 0.1) is 5.41 Å². The van der Waals surface area contributed by atoms with Crippen LogP contribution in [0.15, 0.2) is 0 Å². The van der Waals surface area contributed by atoms with E-state index in [2.05, 4.69) is 31.0 Å². The summed E-state index contributed by atoms with van der Waals surface area (Å²) in [4.78, 5) is 8.79. The molecule has 0 aliphatic carbocycles. The van der Waals surface area contributed by atoms with Gasteiger partial charge in [0.25, 0.3) is 0 Å². The highest BCUT2D eigenvalue weighted by Gasteiger charge is 2.36. The van der Waals surface area contributed by atoms with Crippen LogP contribution in [0.25, 0.3) is 0 Å². The van der Waals surface area contributed by atoms with Gasteiger partial charge in [-0.25, -0.2) is 4.98 Å². The molecule has 0 unspecified atom stereocenters. The summed E-state index contributed by atoms with van der Waals surface area (Å²) in [6.45, 7) is 10.2. The maximum absolute atomic E-state index is 4.87. The van der Waals surface area contributed by atoms with Crippen molar-refractivity contribution in [3.05, 3.63) is 10.6 Å². The Kier molecular flexibility index (Phi) is 4.85. The number of hydrogen-bond acceptors (Lipinski definition) is 4. The lowest BCUT2D eigenvalue weighted by atomic mass is 9.82. The zero-order chi connectivity index (χ0) is 13.9. The van der Waals surface area contributed by atoms with E-state index in [4.69, 9.17) is 4.98 Å². The van der Waals surface area contributed by atoms with Crippen LogP contribution in [-0.4, -0.2) is 25.1 Å². The number of aromatic nitrogens is 1. The maximum atomic E-state index is 4.87. The highest BCUT2D eigenvalue weighted by atomic mass is 32.1. The minimum Gasteiger partial charge on any atom is -0.348 e. The largest absolute Gasteiger partial charge is 0.348 e. The fraction of sp³-hybridized carbons (Fsp3) is 0.800. The number of nitrogens with one attached hydrogen (secondary N) is 1. The molecule has 1 fully saturated rings. The molecule has 0 spiro atoms. The van der Waals surface area contributed by atoms with Gasteiger partial charge in [0.2, 0.25) is 0 Å². The van der Waals surface area contributed by atoms with Crippen molar-refractivity contribution < 1.29 is 0 Å². The molecule has 19 heavy (non-hydrogen) atoms. The third kappa shape index (κ3) is 2.95. The van der Waals surface area contributed by atoms with Crippen molar-refractivity contribution in [2.45, 2.75) is 53.0 Å². The molecular formula is C15H27N3S. The van der Waals surface area contributed by atoms with Crippen LogP contribution in [-0.2, 0) is 13.0 Å². The summed E-state index contributed by atoms with van der Waals surface area (Å²) < 4.78 is 0. The van der Waals surface area contributed by atoms with E-state index in [9.17, 15) is 0 Å². The summed E-state index contributed by atoms with van der Waals surface area (Å²) in [5.41, 5.74) is 1.81. The summed E-state index contributed by atoms with van der Waals surface area (Å²) in [6, 6.07) is 0. The van der Waals surface area contributed by atoms with E-state index in [1.54, 1.807) is 0 Å². The molecule has 0 radical (unpaired) electrons. The molecule has 1 aliphatic rings. The van der Waals surface area contributed by atoms with E-state index in [-0.39, 0.29) is 0 Å². The second-order valence-electron chi connectivity index (χ2n) is 5.63. The molecule has 4 heteroatoms. The lowest BCUT2D eigenvalue weighted by molar-refractivity contribution is 0.301. The minimum atomic E-state index is 0.529. The van der Waals surface area contributed by atoms with Crippen molar-refractivity contribution in [3.63, 3.8) is 0 Å². The van der Waals surface area contributed by atoms with Gasteiger partial charge in [-0.2, -0.15) is 0 Å². The molecule has 1 aromatic heterocycles. The predicted molar refractivity (Wildman–Crippen MR) is 84.1 cm³/mol. The smallest absolute Gasteiger partial charge is 0.185 e. The van der Waals surface area contributed by atoms with Crippen LogP contribution in [0.1, 0.15) is 50.6 Å². The monoisotopic (exact) mass is 281 g/mol. The first-order chi connectivity index (χ1) is 9.18. The average molecular weight is 281 g/mol. The number of rotatable bonds is 6. The standard InChI is InChI=1S/C15H27N3S/c1-5-12-13(10-16-4)19-14(17-12)18-9-8-15(6-2,7-3)11-18/h16H,5-11H2,1-4H3. The molecule has 108 valence electrons. The van der Waals surface area contributed by atoms with Crippen molar-refractivity contribution in [2.75, 3.05) is 25.0 Å². The highest BCUT2D eigenvalue weighted by Crippen LogP contribution is 2.40. The van der Waals surface area contributed by atoms with Crippen LogP contribution < -0.4 is 10.2 Å². The van der Waals surface area contributed by atoms with Crippen molar-refractivity contribution in [3.8, 4) is 0 Å². The van der Waals surface area contributed by atoms with Gasteiger partial charge in [0.05, 0.1) is 5.69 Å². The quantitative estimate of drug-likeness (QED) is 0.866. The van der Waals surface area contributed by atoms with Crippen molar-refractivity contribution in [1.82, 2.24) is 10.3 Å². The number of nitrogens with zero attached hydrogens (tertiary/aromatic N) is 2. The lowest BCUT2D eigenvalue weighted by Gasteiger charge is -2.26. The van der Waals surface area contributed by atoms with Gasteiger partial charge in [-0.3, -0.25) is 0 Å². The molecule has 2 heterocycles. The van der Waals surface area contributed by atoms with Gasteiger partial charge < -0.3 is 10.2 Å². The molecule has 1 aliphatic heterocycles. The van der Waals surface area contributed by atoms with Crippen LogP contribution in [0.4, 0.5) is 5.13 Å². The van der Waals surface area contributed by atoms with E-state index in [0.717, 1.165) is 13.0 Å². The third-order valence-corrected chi connectivity index (χ3v) is 5.81. The van der Waals surface area contributed by atoms with Crippen LogP contribution in [0.3, 0.4) is 0 Å². The Balaban J connectivity index is 2.15. The molecule has 2 rings (SSSR count). The van der Waals surface area contributed by atoms with Crippen molar-refractivity contribution in [2.24, 2.45) is 5.41 Å². The summed E-state index contributed by atoms with van der Waals surface area (Å²) in [7, 11) is 2.01. The van der Waals surface area contributed by atoms with Gasteiger partial charge in [-0.05, 0) is 38.1 Å². The normalized spacial score (nSPS) is 18.2. The number of hydrogen-bond donors (Lipinski definition) is 1. The predicted octanol–water partition coefficient (Wildman–Crippen LogP) is 3.44. The van der Waals surface area contributed by atoms with Gasteiger partial charge in [-0.1, -0.05) is 20.8 Å². The van der Waals surface area contributed by atoms with Crippen molar-refractivity contribution >= 4 is 16.5 Å². The molecule has 0 amide bonds. The Bertz CT molecular complexity index is 410. The topological polar surface area (TPSA) is 28.2 Å². The first-order valence-electron chi connectivity index (χ1n) is 7.56. The van der Waals surface area contributed by atoms with Gasteiger partial charge in [0.15, 0.2) is 5.13 Å². The maximum Gasteiger partial charge on any atom is 0.185 e.